The Labute approximate surface area is 127 Å². The molecule has 1 fully saturated rings. The number of likely N-dealkylation sites (tertiary alicyclic amines) is 1. The minimum absolute atomic E-state index is 0.143. The van der Waals surface area contributed by atoms with Gasteiger partial charge in [0.25, 0.3) is 0 Å². The van der Waals surface area contributed by atoms with Gasteiger partial charge in [-0.05, 0) is 19.1 Å². The van der Waals surface area contributed by atoms with E-state index in [0.717, 1.165) is 0 Å². The van der Waals surface area contributed by atoms with E-state index in [-0.39, 0.29) is 18.2 Å². The monoisotopic (exact) mass is 301 g/mol. The van der Waals surface area contributed by atoms with E-state index in [1.807, 2.05) is 0 Å². The van der Waals surface area contributed by atoms with E-state index in [1.54, 1.807) is 37.3 Å². The predicted molar refractivity (Wildman–Crippen MR) is 79.1 cm³/mol. The molecule has 2 atom stereocenters. The largest absolute Gasteiger partial charge is 0.618 e. The van der Waals surface area contributed by atoms with Crippen LogP contribution in [0.3, 0.4) is 0 Å². The van der Waals surface area contributed by atoms with E-state index in [1.165, 1.54) is 6.20 Å². The van der Waals surface area contributed by atoms with Gasteiger partial charge in [0.15, 0.2) is 6.20 Å². The summed E-state index contributed by atoms with van der Waals surface area (Å²) in [5.74, 6) is -0.521. The van der Waals surface area contributed by atoms with Gasteiger partial charge in [0.05, 0.1) is 6.54 Å². The number of hydrogen-bond acceptors (Lipinski definition) is 3. The molecular weight excluding hydrogens is 284 g/mol. The first kappa shape index (κ1) is 14.5. The minimum Gasteiger partial charge on any atom is -0.618 e. The number of amides is 2. The second-order valence-corrected chi connectivity index (χ2v) is 5.78. The molecule has 1 N–H and O–H groups in total. The van der Waals surface area contributed by atoms with Crippen LogP contribution < -0.4 is 4.73 Å². The number of carbonyl (C=O) groups is 2. The topological polar surface area (TPSA) is 81.3 Å². The van der Waals surface area contributed by atoms with Gasteiger partial charge in [-0.3, -0.25) is 0 Å². The van der Waals surface area contributed by atoms with E-state index in [9.17, 15) is 19.9 Å². The predicted octanol–water partition coefficient (Wildman–Crippen LogP) is 2.29. The minimum atomic E-state index is -1.15. The van der Waals surface area contributed by atoms with Crippen molar-refractivity contribution in [3.63, 3.8) is 0 Å². The quantitative estimate of drug-likeness (QED) is 0.498. The van der Waals surface area contributed by atoms with Crippen molar-refractivity contribution in [2.24, 2.45) is 0 Å². The molecular formula is C16H17N2O4+. The van der Waals surface area contributed by atoms with Gasteiger partial charge >= 0.3 is 12.0 Å². The van der Waals surface area contributed by atoms with Gasteiger partial charge in [0, 0.05) is 24.3 Å². The molecule has 6 nitrogen and oxygen atoms in total. The Morgan fingerprint density at radius 2 is 2.09 bits per heavy atom. The molecule has 0 bridgehead atoms. The molecule has 1 aromatic heterocycles. The molecule has 2 aromatic rings. The number of carbonyl (C=O) groups excluding carboxylic acids is 1. The maximum absolute atomic E-state index is 12.9. The Morgan fingerprint density at radius 3 is 2.73 bits per heavy atom. The highest BCUT2D eigenvalue weighted by Crippen LogP contribution is 2.30. The van der Waals surface area contributed by atoms with Crippen molar-refractivity contribution in [2.45, 2.75) is 25.8 Å². The molecule has 1 unspecified atom stereocenters. The molecule has 2 amide bonds. The van der Waals surface area contributed by atoms with E-state index in [4.69, 9.17) is 0 Å². The average Bonchev–Trinajstić information content (AvgIpc) is 2.89. The second-order valence-electron chi connectivity index (χ2n) is 5.78. The third-order valence-corrected chi connectivity index (χ3v) is 4.58. The number of fused-ring (bicyclic) bond motifs is 1. The molecule has 0 spiro atoms. The van der Waals surface area contributed by atoms with Crippen LogP contribution in [0.4, 0.5) is 4.79 Å². The van der Waals surface area contributed by atoms with Crippen molar-refractivity contribution in [2.75, 3.05) is 6.54 Å². The van der Waals surface area contributed by atoms with E-state index in [2.05, 4.69) is 0 Å². The van der Waals surface area contributed by atoms with Crippen LogP contribution in [0.5, 0.6) is 0 Å². The molecule has 1 aliphatic heterocycles. The third kappa shape index (κ3) is 1.95. The zero-order valence-electron chi connectivity index (χ0n) is 12.2. The average molecular weight is 301 g/mol. The summed E-state index contributed by atoms with van der Waals surface area (Å²) in [4.78, 5) is 24.6. The SMILES string of the molecule is C[C@@H]1CCC[N+]1(C(=O)O)C(=O)c1cc2ccccc2[n+]([O-])c1. The number of carboxylic acid groups (broad SMARTS) is 1. The van der Waals surface area contributed by atoms with Crippen LogP contribution in [0.15, 0.2) is 36.5 Å². The lowest BCUT2D eigenvalue weighted by Crippen LogP contribution is -2.58. The molecule has 0 radical (unpaired) electrons. The smallest absolute Gasteiger partial charge is 0.521 e. The molecule has 0 saturated carbocycles. The van der Waals surface area contributed by atoms with Gasteiger partial charge in [0.1, 0.15) is 11.6 Å². The fourth-order valence-corrected chi connectivity index (χ4v) is 3.31. The number of quaternary nitrogens is 1. The summed E-state index contributed by atoms with van der Waals surface area (Å²) in [6.07, 6.45) is 1.40. The summed E-state index contributed by atoms with van der Waals surface area (Å²) in [6.45, 7) is 2.03. The molecule has 6 heteroatoms. The fourth-order valence-electron chi connectivity index (χ4n) is 3.31. The Kier molecular flexibility index (Phi) is 3.33. The van der Waals surface area contributed by atoms with Crippen LogP contribution in [0, 0.1) is 5.21 Å². The van der Waals surface area contributed by atoms with Crippen molar-refractivity contribution in [1.29, 1.82) is 0 Å². The molecule has 1 aliphatic rings. The molecule has 1 saturated heterocycles. The highest BCUT2D eigenvalue weighted by molar-refractivity contribution is 5.96. The van der Waals surface area contributed by atoms with E-state index >= 15 is 0 Å². The number of rotatable bonds is 1. The highest BCUT2D eigenvalue weighted by Gasteiger charge is 2.53. The van der Waals surface area contributed by atoms with Crippen LogP contribution in [-0.4, -0.2) is 34.2 Å². The van der Waals surface area contributed by atoms with Crippen LogP contribution in [-0.2, 0) is 0 Å². The lowest BCUT2D eigenvalue weighted by Gasteiger charge is -2.29. The highest BCUT2D eigenvalue weighted by atomic mass is 16.5. The van der Waals surface area contributed by atoms with Crippen molar-refractivity contribution < 1.29 is 23.9 Å². The van der Waals surface area contributed by atoms with Crippen molar-refractivity contribution in [3.8, 4) is 0 Å². The van der Waals surface area contributed by atoms with Crippen LogP contribution in [0.2, 0.25) is 0 Å². The molecule has 2 heterocycles. The van der Waals surface area contributed by atoms with Gasteiger partial charge in [-0.1, -0.05) is 12.1 Å². The summed E-state index contributed by atoms with van der Waals surface area (Å²) in [7, 11) is 0. The van der Waals surface area contributed by atoms with Crippen molar-refractivity contribution in [3.05, 3.63) is 47.3 Å². The molecule has 0 aliphatic carbocycles. The molecule has 114 valence electrons. The van der Waals surface area contributed by atoms with Crippen LogP contribution in [0.25, 0.3) is 10.9 Å². The van der Waals surface area contributed by atoms with Gasteiger partial charge in [-0.25, -0.2) is 4.79 Å². The van der Waals surface area contributed by atoms with Crippen LogP contribution in [0.1, 0.15) is 30.1 Å². The molecule has 22 heavy (non-hydrogen) atoms. The Morgan fingerprint density at radius 1 is 1.36 bits per heavy atom. The van der Waals surface area contributed by atoms with Crippen molar-refractivity contribution >= 4 is 22.9 Å². The first-order valence-corrected chi connectivity index (χ1v) is 7.25. The second kappa shape index (κ2) is 5.06. The fraction of sp³-hybridized carbons (Fsp3) is 0.312. The lowest BCUT2D eigenvalue weighted by molar-refractivity contribution is -0.786. The lowest BCUT2D eigenvalue weighted by atomic mass is 10.1. The van der Waals surface area contributed by atoms with Gasteiger partial charge < -0.3 is 10.3 Å². The Balaban J connectivity index is 2.14. The summed E-state index contributed by atoms with van der Waals surface area (Å²) in [5.41, 5.74) is 0.597. The summed E-state index contributed by atoms with van der Waals surface area (Å²) in [5, 5.41) is 22.3. The number of para-hydroxylation sites is 1. The first-order valence-electron chi connectivity index (χ1n) is 7.25. The summed E-state index contributed by atoms with van der Waals surface area (Å²) in [6, 6.07) is 8.22. The normalized spacial score (nSPS) is 24.5. The molecule has 3 rings (SSSR count). The number of hydrogen-bond donors (Lipinski definition) is 1. The Bertz CT molecular complexity index is 774. The number of nitrogens with zero attached hydrogens (tertiary/aromatic N) is 2. The number of pyridine rings is 1. The van der Waals surface area contributed by atoms with Gasteiger partial charge in [-0.2, -0.15) is 14.0 Å². The summed E-state index contributed by atoms with van der Waals surface area (Å²) >= 11 is 0. The van der Waals surface area contributed by atoms with Crippen molar-refractivity contribution in [1.82, 2.24) is 0 Å². The zero-order valence-corrected chi connectivity index (χ0v) is 12.2. The van der Waals surface area contributed by atoms with Crippen LogP contribution >= 0.6 is 0 Å². The molecule has 1 aromatic carbocycles. The van der Waals surface area contributed by atoms with Gasteiger partial charge in [0.2, 0.25) is 5.52 Å². The van der Waals surface area contributed by atoms with E-state index in [0.29, 0.717) is 28.5 Å². The maximum atomic E-state index is 12.9. The van der Waals surface area contributed by atoms with E-state index < -0.39 is 16.5 Å². The number of imide groups is 1. The summed E-state index contributed by atoms with van der Waals surface area (Å²) < 4.78 is -0.00000449. The van der Waals surface area contributed by atoms with Gasteiger partial charge in [-0.15, -0.1) is 0 Å². The number of benzene rings is 1. The third-order valence-electron chi connectivity index (χ3n) is 4.58. The maximum Gasteiger partial charge on any atom is 0.521 e. The standard InChI is InChI=1S/C16H16N2O4/c1-11-5-4-8-18(11,16(20)21)15(19)13-9-12-6-2-3-7-14(12)17(22)10-13/h2-3,6-7,9-11H,4-5,8H2,1H3/p+1/t11-,18?/m1/s1. The Hall–Kier alpha value is -2.47. The first-order chi connectivity index (χ1) is 10.5. The zero-order chi connectivity index (χ0) is 15.9. The number of aromatic nitrogens is 1.